The zero-order valence-corrected chi connectivity index (χ0v) is 14.1. The summed E-state index contributed by atoms with van der Waals surface area (Å²) in [5.74, 6) is 0.391. The van der Waals surface area contributed by atoms with Crippen molar-refractivity contribution in [2.45, 2.75) is 20.8 Å². The van der Waals surface area contributed by atoms with E-state index in [9.17, 15) is 4.79 Å². The lowest BCUT2D eigenvalue weighted by molar-refractivity contribution is -0.123. The summed E-state index contributed by atoms with van der Waals surface area (Å²) in [6.45, 7) is 5.69. The van der Waals surface area contributed by atoms with Crippen molar-refractivity contribution in [3.05, 3.63) is 64.2 Å². The number of rotatable bonds is 5. The first-order valence-corrected chi connectivity index (χ1v) is 7.62. The molecule has 5 heteroatoms. The SMILES string of the molecule is CC(=NNC(=O)COc1ccc(C)cc1C)c1ccc(Cl)cc1. The molecule has 0 bridgehead atoms. The molecular formula is C18H19ClN2O2. The topological polar surface area (TPSA) is 50.7 Å². The minimum Gasteiger partial charge on any atom is -0.483 e. The molecule has 0 atom stereocenters. The lowest BCUT2D eigenvalue weighted by Gasteiger charge is -2.09. The Hall–Kier alpha value is -2.33. The summed E-state index contributed by atoms with van der Waals surface area (Å²) in [5, 5.41) is 4.73. The minimum absolute atomic E-state index is 0.0820. The highest BCUT2D eigenvalue weighted by molar-refractivity contribution is 6.30. The molecule has 0 saturated heterocycles. The van der Waals surface area contributed by atoms with Gasteiger partial charge in [0.25, 0.3) is 5.91 Å². The van der Waals surface area contributed by atoms with Crippen molar-refractivity contribution in [3.8, 4) is 5.75 Å². The van der Waals surface area contributed by atoms with Crippen LogP contribution in [0, 0.1) is 13.8 Å². The van der Waals surface area contributed by atoms with Gasteiger partial charge in [0.15, 0.2) is 6.61 Å². The van der Waals surface area contributed by atoms with Crippen LogP contribution in [0.1, 0.15) is 23.6 Å². The van der Waals surface area contributed by atoms with E-state index >= 15 is 0 Å². The van der Waals surface area contributed by atoms with Crippen LogP contribution < -0.4 is 10.2 Å². The molecule has 0 fully saturated rings. The normalized spacial score (nSPS) is 11.2. The molecule has 0 aromatic heterocycles. The lowest BCUT2D eigenvalue weighted by atomic mass is 10.1. The van der Waals surface area contributed by atoms with Gasteiger partial charge in [0.2, 0.25) is 0 Å². The maximum absolute atomic E-state index is 11.8. The van der Waals surface area contributed by atoms with Crippen LogP contribution in [-0.2, 0) is 4.79 Å². The van der Waals surface area contributed by atoms with Crippen LogP contribution in [0.3, 0.4) is 0 Å². The van der Waals surface area contributed by atoms with E-state index in [0.29, 0.717) is 16.5 Å². The average Bonchev–Trinajstić information content (AvgIpc) is 2.52. The molecule has 0 spiro atoms. The van der Waals surface area contributed by atoms with Gasteiger partial charge in [-0.05, 0) is 50.1 Å². The molecule has 120 valence electrons. The fourth-order valence-corrected chi connectivity index (χ4v) is 2.16. The maximum Gasteiger partial charge on any atom is 0.277 e. The van der Waals surface area contributed by atoms with Crippen molar-refractivity contribution in [2.75, 3.05) is 6.61 Å². The monoisotopic (exact) mass is 330 g/mol. The zero-order valence-electron chi connectivity index (χ0n) is 13.4. The van der Waals surface area contributed by atoms with E-state index in [-0.39, 0.29) is 12.5 Å². The van der Waals surface area contributed by atoms with Gasteiger partial charge in [-0.15, -0.1) is 0 Å². The second-order valence-electron chi connectivity index (χ2n) is 5.30. The van der Waals surface area contributed by atoms with Crippen molar-refractivity contribution >= 4 is 23.2 Å². The number of carbonyl (C=O) groups is 1. The highest BCUT2D eigenvalue weighted by atomic mass is 35.5. The second kappa shape index (κ2) is 7.79. The van der Waals surface area contributed by atoms with Gasteiger partial charge >= 0.3 is 0 Å². The molecule has 2 aromatic rings. The fourth-order valence-electron chi connectivity index (χ4n) is 2.04. The molecule has 0 unspecified atom stereocenters. The van der Waals surface area contributed by atoms with E-state index in [4.69, 9.17) is 16.3 Å². The molecule has 1 amide bonds. The predicted octanol–water partition coefficient (Wildman–Crippen LogP) is 3.88. The summed E-state index contributed by atoms with van der Waals surface area (Å²) in [6, 6.07) is 13.1. The highest BCUT2D eigenvalue weighted by Crippen LogP contribution is 2.18. The van der Waals surface area contributed by atoms with Crippen molar-refractivity contribution in [3.63, 3.8) is 0 Å². The number of amides is 1. The molecule has 2 aromatic carbocycles. The number of halogens is 1. The number of aryl methyl sites for hydroxylation is 2. The Balaban J connectivity index is 1.89. The van der Waals surface area contributed by atoms with Gasteiger partial charge in [0.1, 0.15) is 5.75 Å². The van der Waals surface area contributed by atoms with Gasteiger partial charge < -0.3 is 4.74 Å². The van der Waals surface area contributed by atoms with Crippen molar-refractivity contribution in [2.24, 2.45) is 5.10 Å². The standard InChI is InChI=1S/C18H19ClN2O2/c1-12-4-9-17(13(2)10-12)23-11-18(22)21-20-14(3)15-5-7-16(19)8-6-15/h4-10H,11H2,1-3H3,(H,21,22). The van der Waals surface area contributed by atoms with E-state index in [1.165, 1.54) is 0 Å². The number of hydrazone groups is 1. The number of carbonyl (C=O) groups excluding carboxylic acids is 1. The Labute approximate surface area is 141 Å². The summed E-state index contributed by atoms with van der Waals surface area (Å²) in [4.78, 5) is 11.8. The molecule has 0 heterocycles. The molecule has 0 aliphatic heterocycles. The number of nitrogens with zero attached hydrogens (tertiary/aromatic N) is 1. The van der Waals surface area contributed by atoms with Crippen molar-refractivity contribution in [1.29, 1.82) is 0 Å². The van der Waals surface area contributed by atoms with Crippen LogP contribution in [0.15, 0.2) is 47.6 Å². The molecule has 2 rings (SSSR count). The summed E-state index contributed by atoms with van der Waals surface area (Å²) in [6.07, 6.45) is 0. The summed E-state index contributed by atoms with van der Waals surface area (Å²) >= 11 is 5.84. The first-order valence-electron chi connectivity index (χ1n) is 7.25. The Morgan fingerprint density at radius 3 is 2.52 bits per heavy atom. The minimum atomic E-state index is -0.307. The summed E-state index contributed by atoms with van der Waals surface area (Å²) < 4.78 is 5.51. The fraction of sp³-hybridized carbons (Fsp3) is 0.222. The van der Waals surface area contributed by atoms with Crippen molar-refractivity contribution in [1.82, 2.24) is 5.43 Å². The smallest absolute Gasteiger partial charge is 0.277 e. The summed E-state index contributed by atoms with van der Waals surface area (Å²) in [5.41, 5.74) is 6.23. The number of hydrogen-bond acceptors (Lipinski definition) is 3. The zero-order chi connectivity index (χ0) is 16.8. The van der Waals surface area contributed by atoms with E-state index in [1.807, 2.05) is 51.1 Å². The summed E-state index contributed by atoms with van der Waals surface area (Å²) in [7, 11) is 0. The van der Waals surface area contributed by atoms with Crippen LogP contribution in [0.2, 0.25) is 5.02 Å². The molecule has 23 heavy (non-hydrogen) atoms. The van der Waals surface area contributed by atoms with E-state index in [2.05, 4.69) is 10.5 Å². The molecule has 0 radical (unpaired) electrons. The predicted molar refractivity (Wildman–Crippen MR) is 93.2 cm³/mol. The van der Waals surface area contributed by atoms with Crippen LogP contribution in [0.5, 0.6) is 5.75 Å². The van der Waals surface area contributed by atoms with E-state index < -0.39 is 0 Å². The Morgan fingerprint density at radius 2 is 1.87 bits per heavy atom. The van der Waals surface area contributed by atoms with Gasteiger partial charge in [-0.3, -0.25) is 4.79 Å². The number of hydrogen-bond donors (Lipinski definition) is 1. The average molecular weight is 331 g/mol. The number of nitrogens with one attached hydrogen (secondary N) is 1. The molecule has 0 saturated carbocycles. The molecule has 4 nitrogen and oxygen atoms in total. The molecular weight excluding hydrogens is 312 g/mol. The third-order valence-corrected chi connectivity index (χ3v) is 3.55. The first kappa shape index (κ1) is 17.0. The number of ether oxygens (including phenoxy) is 1. The molecule has 0 aliphatic carbocycles. The van der Waals surface area contributed by atoms with Crippen LogP contribution >= 0.6 is 11.6 Å². The Bertz CT molecular complexity index is 724. The van der Waals surface area contributed by atoms with Crippen molar-refractivity contribution < 1.29 is 9.53 Å². The quantitative estimate of drug-likeness (QED) is 0.668. The van der Waals surface area contributed by atoms with Gasteiger partial charge in [-0.25, -0.2) is 5.43 Å². The van der Waals surface area contributed by atoms with Gasteiger partial charge in [-0.2, -0.15) is 5.10 Å². The third-order valence-electron chi connectivity index (χ3n) is 3.30. The molecule has 0 aliphatic rings. The first-order chi connectivity index (χ1) is 11.0. The van der Waals surface area contributed by atoms with Gasteiger partial charge in [0, 0.05) is 5.02 Å². The van der Waals surface area contributed by atoms with E-state index in [0.717, 1.165) is 16.7 Å². The van der Waals surface area contributed by atoms with Crippen LogP contribution in [0.25, 0.3) is 0 Å². The molecule has 1 N–H and O–H groups in total. The largest absolute Gasteiger partial charge is 0.483 e. The van der Waals surface area contributed by atoms with E-state index in [1.54, 1.807) is 12.1 Å². The van der Waals surface area contributed by atoms with Crippen LogP contribution in [0.4, 0.5) is 0 Å². The maximum atomic E-state index is 11.8. The number of benzene rings is 2. The lowest BCUT2D eigenvalue weighted by Crippen LogP contribution is -2.25. The second-order valence-corrected chi connectivity index (χ2v) is 5.73. The third kappa shape index (κ3) is 5.11. The van der Waals surface area contributed by atoms with Gasteiger partial charge in [-0.1, -0.05) is 41.4 Å². The Morgan fingerprint density at radius 1 is 1.17 bits per heavy atom. The van der Waals surface area contributed by atoms with Crippen LogP contribution in [-0.4, -0.2) is 18.2 Å². The Kier molecular flexibility index (Phi) is 5.77. The highest BCUT2D eigenvalue weighted by Gasteiger charge is 2.05. The van der Waals surface area contributed by atoms with Gasteiger partial charge in [0.05, 0.1) is 5.71 Å².